The number of para-hydroxylation sites is 1. The van der Waals surface area contributed by atoms with E-state index in [0.29, 0.717) is 32.8 Å². The number of carbonyl (C=O) groups excluding carboxylic acids is 1. The first-order chi connectivity index (χ1) is 10.2. The van der Waals surface area contributed by atoms with Gasteiger partial charge in [-0.3, -0.25) is 4.79 Å². The second-order valence-corrected chi connectivity index (χ2v) is 6.49. The maximum atomic E-state index is 12.2. The van der Waals surface area contributed by atoms with Crippen LogP contribution < -0.4 is 4.90 Å². The lowest BCUT2D eigenvalue weighted by molar-refractivity contribution is -0.885. The molecule has 1 amide bonds. The summed E-state index contributed by atoms with van der Waals surface area (Å²) in [4.78, 5) is 19.9. The van der Waals surface area contributed by atoms with Crippen LogP contribution in [0.1, 0.15) is 5.01 Å². The van der Waals surface area contributed by atoms with Crippen molar-refractivity contribution in [2.75, 3.05) is 39.9 Å². The molecule has 1 aliphatic heterocycles. The van der Waals surface area contributed by atoms with Gasteiger partial charge < -0.3 is 14.5 Å². The molecule has 2 heterocycles. The number of amides is 1. The van der Waals surface area contributed by atoms with Crippen molar-refractivity contribution >= 4 is 27.5 Å². The van der Waals surface area contributed by atoms with E-state index in [1.165, 1.54) is 9.60 Å². The van der Waals surface area contributed by atoms with Gasteiger partial charge in [-0.1, -0.05) is 12.1 Å². The Morgan fingerprint density at radius 1 is 1.38 bits per heavy atom. The first-order valence-electron chi connectivity index (χ1n) is 7.23. The summed E-state index contributed by atoms with van der Waals surface area (Å²) < 4.78 is 6.48. The maximum Gasteiger partial charge on any atom is 0.277 e. The van der Waals surface area contributed by atoms with Crippen LogP contribution in [0.2, 0.25) is 0 Å². The van der Waals surface area contributed by atoms with Crippen LogP contribution in [0.4, 0.5) is 0 Å². The molecular weight excluding hydrogens is 286 g/mol. The molecule has 1 unspecified atom stereocenters. The van der Waals surface area contributed by atoms with Crippen LogP contribution in [0.25, 0.3) is 10.2 Å². The van der Waals surface area contributed by atoms with Crippen molar-refractivity contribution in [2.24, 2.45) is 0 Å². The third-order valence-corrected chi connectivity index (χ3v) is 4.64. The third-order valence-electron chi connectivity index (χ3n) is 3.61. The van der Waals surface area contributed by atoms with Crippen molar-refractivity contribution in [3.05, 3.63) is 29.3 Å². The Labute approximate surface area is 128 Å². The molecule has 1 aromatic heterocycles. The summed E-state index contributed by atoms with van der Waals surface area (Å²) in [5.41, 5.74) is 1.05. The predicted octanol–water partition coefficient (Wildman–Crippen LogP) is 0.170. The summed E-state index contributed by atoms with van der Waals surface area (Å²) in [6, 6.07) is 8.15. The summed E-state index contributed by atoms with van der Waals surface area (Å²) in [5, 5.41) is 1.09. The first-order valence-corrected chi connectivity index (χ1v) is 8.05. The van der Waals surface area contributed by atoms with Gasteiger partial charge >= 0.3 is 0 Å². The molecule has 21 heavy (non-hydrogen) atoms. The molecule has 1 atom stereocenters. The molecule has 0 radical (unpaired) electrons. The van der Waals surface area contributed by atoms with E-state index in [4.69, 9.17) is 4.74 Å². The van der Waals surface area contributed by atoms with E-state index in [0.717, 1.165) is 17.1 Å². The molecule has 112 valence electrons. The second-order valence-electron chi connectivity index (χ2n) is 5.38. The third kappa shape index (κ3) is 3.58. The average Bonchev–Trinajstić information content (AvgIpc) is 2.90. The van der Waals surface area contributed by atoms with Gasteiger partial charge in [0.2, 0.25) is 0 Å². The van der Waals surface area contributed by atoms with Crippen molar-refractivity contribution in [1.82, 2.24) is 9.88 Å². The van der Waals surface area contributed by atoms with Gasteiger partial charge in [0.25, 0.3) is 5.91 Å². The lowest BCUT2D eigenvalue weighted by atomic mass is 10.3. The number of ether oxygens (including phenoxy) is 1. The molecule has 1 aromatic carbocycles. The number of rotatable bonds is 4. The number of quaternary nitrogens is 1. The zero-order valence-electron chi connectivity index (χ0n) is 12.2. The summed E-state index contributed by atoms with van der Waals surface area (Å²) in [5.74, 6) is 0.205. The fraction of sp³-hybridized carbons (Fsp3) is 0.467. The Bertz CT molecular complexity index is 589. The number of likely N-dealkylation sites (N-methyl/N-ethyl adjacent to an activating group) is 1. The van der Waals surface area contributed by atoms with Crippen LogP contribution in [0, 0.1) is 0 Å². The van der Waals surface area contributed by atoms with Crippen LogP contribution in [-0.2, 0) is 16.1 Å². The highest BCUT2D eigenvalue weighted by molar-refractivity contribution is 7.18. The minimum atomic E-state index is 0.205. The Morgan fingerprint density at radius 3 is 2.90 bits per heavy atom. The lowest BCUT2D eigenvalue weighted by Crippen LogP contribution is -3.08. The summed E-state index contributed by atoms with van der Waals surface area (Å²) in [6.07, 6.45) is 0. The van der Waals surface area contributed by atoms with E-state index in [9.17, 15) is 4.79 Å². The van der Waals surface area contributed by atoms with Gasteiger partial charge in [-0.2, -0.15) is 0 Å². The quantitative estimate of drug-likeness (QED) is 0.876. The van der Waals surface area contributed by atoms with E-state index in [2.05, 4.69) is 11.1 Å². The predicted molar refractivity (Wildman–Crippen MR) is 82.5 cm³/mol. The average molecular weight is 306 g/mol. The minimum absolute atomic E-state index is 0.205. The molecular formula is C15H20N3O2S+. The van der Waals surface area contributed by atoms with E-state index in [-0.39, 0.29) is 5.91 Å². The molecule has 0 spiro atoms. The van der Waals surface area contributed by atoms with Crippen molar-refractivity contribution in [3.63, 3.8) is 0 Å². The fourth-order valence-electron chi connectivity index (χ4n) is 2.50. The van der Waals surface area contributed by atoms with Crippen LogP contribution in [-0.4, -0.2) is 55.7 Å². The van der Waals surface area contributed by atoms with E-state index in [1.54, 1.807) is 11.3 Å². The van der Waals surface area contributed by atoms with E-state index < -0.39 is 0 Å². The standard InChI is InChI=1S/C15H19N3O2S/c1-17(11-15(19)18-6-8-20-9-7-18)10-14-16-12-4-2-3-5-13(12)21-14/h2-5H,6-11H2,1H3/p+1. The summed E-state index contributed by atoms with van der Waals surface area (Å²) in [7, 11) is 2.05. The Balaban J connectivity index is 1.57. The number of benzene rings is 1. The molecule has 0 aliphatic carbocycles. The Kier molecular flexibility index (Phi) is 4.48. The smallest absolute Gasteiger partial charge is 0.277 e. The zero-order chi connectivity index (χ0) is 14.7. The van der Waals surface area contributed by atoms with Gasteiger partial charge in [0, 0.05) is 13.1 Å². The second kappa shape index (κ2) is 6.51. The lowest BCUT2D eigenvalue weighted by Gasteiger charge is -2.27. The SMILES string of the molecule is C[NH+](CC(=O)N1CCOCC1)Cc1nc2ccccc2s1. The van der Waals surface area contributed by atoms with Gasteiger partial charge in [-0.05, 0) is 12.1 Å². The van der Waals surface area contributed by atoms with Gasteiger partial charge in [0.15, 0.2) is 6.54 Å². The minimum Gasteiger partial charge on any atom is -0.378 e. The number of morpholine rings is 1. The summed E-state index contributed by atoms with van der Waals surface area (Å²) in [6.45, 7) is 4.04. The Hall–Kier alpha value is -1.50. The number of nitrogens with zero attached hydrogens (tertiary/aromatic N) is 2. The molecule has 6 heteroatoms. The molecule has 2 aromatic rings. The van der Waals surface area contributed by atoms with Crippen molar-refractivity contribution in [1.29, 1.82) is 0 Å². The largest absolute Gasteiger partial charge is 0.378 e. The van der Waals surface area contributed by atoms with Gasteiger partial charge in [0.05, 0.1) is 30.5 Å². The Morgan fingerprint density at radius 2 is 2.14 bits per heavy atom. The zero-order valence-corrected chi connectivity index (χ0v) is 13.0. The normalized spacial score (nSPS) is 17.1. The van der Waals surface area contributed by atoms with E-state index >= 15 is 0 Å². The first kappa shape index (κ1) is 14.4. The highest BCUT2D eigenvalue weighted by Gasteiger charge is 2.20. The van der Waals surface area contributed by atoms with Gasteiger partial charge in [-0.25, -0.2) is 4.98 Å². The number of hydrogen-bond donors (Lipinski definition) is 1. The molecule has 1 aliphatic rings. The molecule has 1 fully saturated rings. The maximum absolute atomic E-state index is 12.2. The topological polar surface area (TPSA) is 46.9 Å². The molecule has 0 saturated carbocycles. The number of thiazole rings is 1. The van der Waals surface area contributed by atoms with Gasteiger partial charge in [0.1, 0.15) is 11.6 Å². The number of hydrogen-bond acceptors (Lipinski definition) is 4. The highest BCUT2D eigenvalue weighted by atomic mass is 32.1. The molecule has 5 nitrogen and oxygen atoms in total. The van der Waals surface area contributed by atoms with Crippen molar-refractivity contribution in [2.45, 2.75) is 6.54 Å². The fourth-order valence-corrected chi connectivity index (χ4v) is 3.58. The number of aromatic nitrogens is 1. The summed E-state index contributed by atoms with van der Waals surface area (Å²) >= 11 is 1.71. The van der Waals surface area contributed by atoms with Crippen LogP contribution in [0.5, 0.6) is 0 Å². The number of fused-ring (bicyclic) bond motifs is 1. The van der Waals surface area contributed by atoms with Gasteiger partial charge in [-0.15, -0.1) is 11.3 Å². The number of nitrogens with one attached hydrogen (secondary N) is 1. The molecule has 1 N–H and O–H groups in total. The van der Waals surface area contributed by atoms with Crippen molar-refractivity contribution < 1.29 is 14.4 Å². The molecule has 0 bridgehead atoms. The van der Waals surface area contributed by atoms with Crippen LogP contribution in [0.15, 0.2) is 24.3 Å². The van der Waals surface area contributed by atoms with Crippen LogP contribution in [0.3, 0.4) is 0 Å². The van der Waals surface area contributed by atoms with Crippen molar-refractivity contribution in [3.8, 4) is 0 Å². The highest BCUT2D eigenvalue weighted by Crippen LogP contribution is 2.20. The van der Waals surface area contributed by atoms with E-state index in [1.807, 2.05) is 30.1 Å². The number of carbonyl (C=O) groups is 1. The monoisotopic (exact) mass is 306 g/mol. The molecule has 1 saturated heterocycles. The van der Waals surface area contributed by atoms with Crippen LogP contribution >= 0.6 is 11.3 Å². The molecule has 3 rings (SSSR count).